The Morgan fingerprint density at radius 1 is 1.47 bits per heavy atom. The van der Waals surface area contributed by atoms with Crippen LogP contribution in [0.4, 0.5) is 10.2 Å². The molecule has 0 spiro atoms. The zero-order valence-electron chi connectivity index (χ0n) is 9.37. The van der Waals surface area contributed by atoms with Crippen LogP contribution in [0, 0.1) is 5.82 Å². The van der Waals surface area contributed by atoms with E-state index in [1.807, 2.05) is 0 Å². The number of rotatable bonds is 2. The molecule has 0 aliphatic carbocycles. The second kappa shape index (κ2) is 4.25. The highest BCUT2D eigenvalue weighted by molar-refractivity contribution is 6.32. The molecular weight excluding hydrogens is 245 g/mol. The molecule has 0 unspecified atom stereocenters. The molecule has 0 bridgehead atoms. The van der Waals surface area contributed by atoms with Gasteiger partial charge in [-0.3, -0.25) is 4.68 Å². The Labute approximate surface area is 103 Å². The standard InChI is InChI=1S/C11H11ClFN3O/c1-16-11(14)6(5-15-16)9-8(13)4-3-7(12)10(9)17-2/h3-5H,14H2,1-2H3. The van der Waals surface area contributed by atoms with Crippen molar-refractivity contribution in [3.05, 3.63) is 29.2 Å². The van der Waals surface area contributed by atoms with Gasteiger partial charge >= 0.3 is 0 Å². The number of halogens is 2. The molecular formula is C11H11ClFN3O. The number of aryl methyl sites for hydroxylation is 1. The Morgan fingerprint density at radius 3 is 2.71 bits per heavy atom. The first kappa shape index (κ1) is 11.7. The van der Waals surface area contributed by atoms with Gasteiger partial charge in [0.2, 0.25) is 0 Å². The number of methoxy groups -OCH3 is 1. The van der Waals surface area contributed by atoms with Crippen LogP contribution in [0.5, 0.6) is 5.75 Å². The Hall–Kier alpha value is -1.75. The molecule has 90 valence electrons. The molecule has 1 aromatic carbocycles. The number of nitrogens with zero attached hydrogens (tertiary/aromatic N) is 2. The molecule has 0 aliphatic heterocycles. The van der Waals surface area contributed by atoms with Crippen molar-refractivity contribution in [3.63, 3.8) is 0 Å². The van der Waals surface area contributed by atoms with Gasteiger partial charge in [0.1, 0.15) is 17.4 Å². The molecule has 1 aromatic heterocycles. The second-order valence-electron chi connectivity index (χ2n) is 3.50. The predicted molar refractivity (Wildman–Crippen MR) is 64.6 cm³/mol. The molecule has 17 heavy (non-hydrogen) atoms. The van der Waals surface area contributed by atoms with Crippen LogP contribution in [-0.2, 0) is 7.05 Å². The summed E-state index contributed by atoms with van der Waals surface area (Å²) in [5, 5.41) is 4.29. The largest absolute Gasteiger partial charge is 0.494 e. The highest BCUT2D eigenvalue weighted by atomic mass is 35.5. The van der Waals surface area contributed by atoms with Crippen LogP contribution in [0.15, 0.2) is 18.3 Å². The van der Waals surface area contributed by atoms with E-state index >= 15 is 0 Å². The first-order chi connectivity index (χ1) is 8.06. The van der Waals surface area contributed by atoms with E-state index in [0.29, 0.717) is 16.4 Å². The molecule has 0 saturated carbocycles. The Bertz CT molecular complexity index is 568. The van der Waals surface area contributed by atoms with Gasteiger partial charge in [-0.25, -0.2) is 4.39 Å². The minimum absolute atomic E-state index is 0.227. The molecule has 1 heterocycles. The zero-order valence-corrected chi connectivity index (χ0v) is 10.1. The minimum atomic E-state index is -0.453. The lowest BCUT2D eigenvalue weighted by molar-refractivity contribution is 0.413. The Balaban J connectivity index is 2.74. The minimum Gasteiger partial charge on any atom is -0.494 e. The van der Waals surface area contributed by atoms with Gasteiger partial charge in [-0.05, 0) is 12.1 Å². The quantitative estimate of drug-likeness (QED) is 0.897. The number of nitrogen functional groups attached to an aromatic ring is 1. The third kappa shape index (κ3) is 1.82. The first-order valence-corrected chi connectivity index (χ1v) is 5.24. The second-order valence-corrected chi connectivity index (χ2v) is 3.91. The average molecular weight is 256 g/mol. The molecule has 4 nitrogen and oxygen atoms in total. The van der Waals surface area contributed by atoms with E-state index in [1.165, 1.54) is 30.1 Å². The predicted octanol–water partition coefficient (Wildman–Crippen LogP) is 2.47. The molecule has 0 radical (unpaired) electrons. The van der Waals surface area contributed by atoms with Gasteiger partial charge in [0.25, 0.3) is 0 Å². The van der Waals surface area contributed by atoms with Crippen molar-refractivity contribution in [2.75, 3.05) is 12.8 Å². The van der Waals surface area contributed by atoms with Gasteiger partial charge in [-0.15, -0.1) is 0 Å². The van der Waals surface area contributed by atoms with Crippen molar-refractivity contribution in [2.24, 2.45) is 7.05 Å². The maximum Gasteiger partial charge on any atom is 0.148 e. The van der Waals surface area contributed by atoms with Crippen LogP contribution in [-0.4, -0.2) is 16.9 Å². The normalized spacial score (nSPS) is 10.6. The maximum absolute atomic E-state index is 13.9. The van der Waals surface area contributed by atoms with Gasteiger partial charge in [0.15, 0.2) is 0 Å². The fourth-order valence-corrected chi connectivity index (χ4v) is 1.86. The first-order valence-electron chi connectivity index (χ1n) is 4.86. The van der Waals surface area contributed by atoms with E-state index in [1.54, 1.807) is 7.05 Å². The molecule has 6 heteroatoms. The van der Waals surface area contributed by atoms with Crippen molar-refractivity contribution < 1.29 is 9.13 Å². The van der Waals surface area contributed by atoms with E-state index in [0.717, 1.165) is 0 Å². The number of benzene rings is 1. The van der Waals surface area contributed by atoms with E-state index < -0.39 is 5.82 Å². The Morgan fingerprint density at radius 2 is 2.18 bits per heavy atom. The maximum atomic E-state index is 13.9. The summed E-state index contributed by atoms with van der Waals surface area (Å²) >= 11 is 5.95. The van der Waals surface area contributed by atoms with Crippen molar-refractivity contribution in [3.8, 4) is 16.9 Å². The van der Waals surface area contributed by atoms with Gasteiger partial charge in [0, 0.05) is 7.05 Å². The molecule has 0 fully saturated rings. The lowest BCUT2D eigenvalue weighted by Gasteiger charge is -2.10. The van der Waals surface area contributed by atoms with Crippen LogP contribution in [0.1, 0.15) is 0 Å². The number of anilines is 1. The van der Waals surface area contributed by atoms with Gasteiger partial charge < -0.3 is 10.5 Å². The third-order valence-electron chi connectivity index (χ3n) is 2.52. The van der Waals surface area contributed by atoms with E-state index in [-0.39, 0.29) is 11.3 Å². The summed E-state index contributed by atoms with van der Waals surface area (Å²) in [6.45, 7) is 0. The molecule has 2 aromatic rings. The summed E-state index contributed by atoms with van der Waals surface area (Å²) in [5.74, 6) is 0.154. The summed E-state index contributed by atoms with van der Waals surface area (Å²) in [5.41, 5.74) is 6.50. The smallest absolute Gasteiger partial charge is 0.148 e. The van der Waals surface area contributed by atoms with Crippen molar-refractivity contribution in [1.29, 1.82) is 0 Å². The van der Waals surface area contributed by atoms with E-state index in [2.05, 4.69) is 5.10 Å². The SMILES string of the molecule is COc1c(Cl)ccc(F)c1-c1cnn(C)c1N. The summed E-state index contributed by atoms with van der Waals surface area (Å²) in [6, 6.07) is 2.71. The van der Waals surface area contributed by atoms with E-state index in [9.17, 15) is 4.39 Å². The van der Waals surface area contributed by atoms with Gasteiger partial charge in [-0.1, -0.05) is 11.6 Å². The fourth-order valence-electron chi connectivity index (χ4n) is 1.62. The number of ether oxygens (including phenoxy) is 1. The van der Waals surface area contributed by atoms with Gasteiger partial charge in [0.05, 0.1) is 29.5 Å². The van der Waals surface area contributed by atoms with Crippen LogP contribution >= 0.6 is 11.6 Å². The molecule has 0 amide bonds. The Kier molecular flexibility index (Phi) is 2.93. The molecule has 2 N–H and O–H groups in total. The summed E-state index contributed by atoms with van der Waals surface area (Å²) in [4.78, 5) is 0. The van der Waals surface area contributed by atoms with Gasteiger partial charge in [-0.2, -0.15) is 5.10 Å². The lowest BCUT2D eigenvalue weighted by atomic mass is 10.1. The van der Waals surface area contributed by atoms with Crippen LogP contribution in [0.25, 0.3) is 11.1 Å². The highest BCUT2D eigenvalue weighted by Crippen LogP contribution is 2.40. The lowest BCUT2D eigenvalue weighted by Crippen LogP contribution is -1.99. The van der Waals surface area contributed by atoms with Crippen molar-refractivity contribution in [2.45, 2.75) is 0 Å². The summed E-state index contributed by atoms with van der Waals surface area (Å²) < 4.78 is 20.4. The number of hydrogen-bond donors (Lipinski definition) is 1. The van der Waals surface area contributed by atoms with E-state index in [4.69, 9.17) is 22.1 Å². The average Bonchev–Trinajstić information content (AvgIpc) is 2.63. The number of nitrogens with two attached hydrogens (primary N) is 1. The van der Waals surface area contributed by atoms with Crippen LogP contribution in [0.2, 0.25) is 5.02 Å². The number of aromatic nitrogens is 2. The highest BCUT2D eigenvalue weighted by Gasteiger charge is 2.19. The monoisotopic (exact) mass is 255 g/mol. The third-order valence-corrected chi connectivity index (χ3v) is 2.81. The van der Waals surface area contributed by atoms with Crippen molar-refractivity contribution in [1.82, 2.24) is 9.78 Å². The van der Waals surface area contributed by atoms with Crippen LogP contribution < -0.4 is 10.5 Å². The molecule has 0 atom stereocenters. The van der Waals surface area contributed by atoms with Crippen molar-refractivity contribution >= 4 is 17.4 Å². The molecule has 2 rings (SSSR count). The fraction of sp³-hybridized carbons (Fsp3) is 0.182. The molecule has 0 aliphatic rings. The zero-order chi connectivity index (χ0) is 12.6. The summed E-state index contributed by atoms with van der Waals surface area (Å²) in [6.07, 6.45) is 1.48. The number of hydrogen-bond acceptors (Lipinski definition) is 3. The summed E-state index contributed by atoms with van der Waals surface area (Å²) in [7, 11) is 3.10. The van der Waals surface area contributed by atoms with Crippen LogP contribution in [0.3, 0.4) is 0 Å². The molecule has 0 saturated heterocycles. The topological polar surface area (TPSA) is 53.1 Å².